The van der Waals surface area contributed by atoms with Crippen LogP contribution in [0.1, 0.15) is 18.4 Å². The number of aliphatic hydroxyl groups excluding tert-OH is 1. The highest BCUT2D eigenvalue weighted by Crippen LogP contribution is 2.33. The zero-order valence-electron chi connectivity index (χ0n) is 11.4. The monoisotopic (exact) mass is 294 g/mol. The van der Waals surface area contributed by atoms with Gasteiger partial charge in [0.25, 0.3) is 0 Å². The van der Waals surface area contributed by atoms with Gasteiger partial charge in [-0.25, -0.2) is 8.42 Å². The molecule has 6 heteroatoms. The highest BCUT2D eigenvalue weighted by molar-refractivity contribution is 7.89. The van der Waals surface area contributed by atoms with Crippen LogP contribution >= 0.6 is 0 Å². The fourth-order valence-corrected chi connectivity index (χ4v) is 3.23. The number of hydrogen-bond donors (Lipinski definition) is 1. The number of hydrogen-bond acceptors (Lipinski definition) is 4. The molecule has 0 aromatic heterocycles. The molecule has 2 rings (SSSR count). The molecule has 1 N–H and O–H groups in total. The molecule has 0 heterocycles. The third-order valence-electron chi connectivity index (χ3n) is 3.53. The van der Waals surface area contributed by atoms with Gasteiger partial charge in [-0.05, 0) is 36.5 Å². The van der Waals surface area contributed by atoms with Crippen molar-refractivity contribution in [1.29, 1.82) is 5.26 Å². The van der Waals surface area contributed by atoms with Gasteiger partial charge in [0.1, 0.15) is 0 Å². The average molecular weight is 294 g/mol. The van der Waals surface area contributed by atoms with Gasteiger partial charge in [0.15, 0.2) is 0 Å². The van der Waals surface area contributed by atoms with Gasteiger partial charge in [0, 0.05) is 13.6 Å². The van der Waals surface area contributed by atoms with E-state index in [9.17, 15) is 13.5 Å². The molecule has 0 radical (unpaired) electrons. The van der Waals surface area contributed by atoms with Gasteiger partial charge in [-0.1, -0.05) is 12.1 Å². The summed E-state index contributed by atoms with van der Waals surface area (Å²) in [5.74, 6) is 0.241. The van der Waals surface area contributed by atoms with E-state index in [0.717, 1.165) is 18.4 Å². The molecule has 1 atom stereocenters. The molecular formula is C14H18N2O3S. The number of likely N-dealkylation sites (N-methyl/N-ethyl adjacent to an activating group) is 1. The van der Waals surface area contributed by atoms with Crippen LogP contribution in [0.15, 0.2) is 29.2 Å². The van der Waals surface area contributed by atoms with Crippen molar-refractivity contribution in [3.63, 3.8) is 0 Å². The second-order valence-electron chi connectivity index (χ2n) is 5.17. The zero-order valence-corrected chi connectivity index (χ0v) is 12.2. The van der Waals surface area contributed by atoms with Crippen molar-refractivity contribution >= 4 is 10.0 Å². The topological polar surface area (TPSA) is 81.4 Å². The minimum absolute atomic E-state index is 0.118. The summed E-state index contributed by atoms with van der Waals surface area (Å²) in [5, 5.41) is 18.4. The van der Waals surface area contributed by atoms with Crippen LogP contribution in [-0.4, -0.2) is 37.5 Å². The quantitative estimate of drug-likeness (QED) is 0.853. The van der Waals surface area contributed by atoms with Crippen molar-refractivity contribution < 1.29 is 13.5 Å². The maximum atomic E-state index is 12.3. The molecule has 1 fully saturated rings. The average Bonchev–Trinajstić information content (AvgIpc) is 3.24. The predicted molar refractivity (Wildman–Crippen MR) is 74.3 cm³/mol. The molecule has 5 nitrogen and oxygen atoms in total. The van der Waals surface area contributed by atoms with E-state index in [1.54, 1.807) is 12.1 Å². The van der Waals surface area contributed by atoms with Crippen LogP contribution in [0.2, 0.25) is 0 Å². The molecule has 1 aliphatic carbocycles. The van der Waals surface area contributed by atoms with Crippen LogP contribution in [0.3, 0.4) is 0 Å². The first kappa shape index (κ1) is 15.0. The first-order chi connectivity index (χ1) is 9.45. The highest BCUT2D eigenvalue weighted by Gasteiger charge is 2.33. The lowest BCUT2D eigenvalue weighted by Crippen LogP contribution is -2.35. The minimum Gasteiger partial charge on any atom is -0.391 e. The number of nitrogens with zero attached hydrogens (tertiary/aromatic N) is 2. The lowest BCUT2D eigenvalue weighted by molar-refractivity contribution is 0.131. The number of rotatable bonds is 6. The summed E-state index contributed by atoms with van der Waals surface area (Å²) in [6.07, 6.45) is 1.61. The second kappa shape index (κ2) is 5.92. The van der Waals surface area contributed by atoms with E-state index in [0.29, 0.717) is 0 Å². The van der Waals surface area contributed by atoms with E-state index in [2.05, 4.69) is 0 Å². The molecular weight excluding hydrogens is 276 g/mol. The second-order valence-corrected chi connectivity index (χ2v) is 7.21. The van der Waals surface area contributed by atoms with E-state index in [1.165, 1.54) is 23.5 Å². The Morgan fingerprint density at radius 3 is 2.50 bits per heavy atom. The number of benzene rings is 1. The first-order valence-electron chi connectivity index (χ1n) is 6.55. The van der Waals surface area contributed by atoms with Crippen molar-refractivity contribution in [2.24, 2.45) is 5.92 Å². The fraction of sp³-hybridized carbons (Fsp3) is 0.500. The largest absolute Gasteiger partial charge is 0.391 e. The molecule has 0 aliphatic heterocycles. The molecule has 20 heavy (non-hydrogen) atoms. The number of aliphatic hydroxyl groups is 1. The Kier molecular flexibility index (Phi) is 4.43. The van der Waals surface area contributed by atoms with Crippen LogP contribution in [0.5, 0.6) is 0 Å². The van der Waals surface area contributed by atoms with Crippen LogP contribution < -0.4 is 0 Å². The number of sulfonamides is 1. The van der Waals surface area contributed by atoms with Crippen LogP contribution in [0, 0.1) is 17.2 Å². The molecule has 0 spiro atoms. The molecule has 0 bridgehead atoms. The van der Waals surface area contributed by atoms with Gasteiger partial charge in [-0.15, -0.1) is 0 Å². The third-order valence-corrected chi connectivity index (χ3v) is 5.36. The van der Waals surface area contributed by atoms with Gasteiger partial charge >= 0.3 is 0 Å². The summed E-state index contributed by atoms with van der Waals surface area (Å²) in [4.78, 5) is 0.185. The summed E-state index contributed by atoms with van der Waals surface area (Å²) in [6.45, 7) is 0.118. The smallest absolute Gasteiger partial charge is 0.242 e. The summed E-state index contributed by atoms with van der Waals surface area (Å²) in [7, 11) is -2.10. The lowest BCUT2D eigenvalue weighted by Gasteiger charge is -2.20. The normalized spacial score (nSPS) is 16.9. The van der Waals surface area contributed by atoms with Gasteiger partial charge in [-0.2, -0.15) is 9.57 Å². The molecule has 108 valence electrons. The van der Waals surface area contributed by atoms with E-state index in [-0.39, 0.29) is 23.8 Å². The van der Waals surface area contributed by atoms with E-state index in [4.69, 9.17) is 5.26 Å². The Balaban J connectivity index is 2.10. The molecule has 1 saturated carbocycles. The van der Waals surface area contributed by atoms with E-state index < -0.39 is 16.1 Å². The van der Waals surface area contributed by atoms with Crippen molar-refractivity contribution in [1.82, 2.24) is 4.31 Å². The summed E-state index contributed by atoms with van der Waals surface area (Å²) < 4.78 is 25.8. The third kappa shape index (κ3) is 3.37. The SMILES string of the molecule is CN(CC(O)C1CC1)S(=O)(=O)c1ccc(CC#N)cc1. The predicted octanol–water partition coefficient (Wildman–Crippen LogP) is 1.14. The molecule has 1 aromatic carbocycles. The number of nitriles is 1. The van der Waals surface area contributed by atoms with Crippen LogP contribution in [0.4, 0.5) is 0 Å². The summed E-state index contributed by atoms with van der Waals surface area (Å²) in [6, 6.07) is 8.30. The van der Waals surface area contributed by atoms with Gasteiger partial charge in [-0.3, -0.25) is 0 Å². The Hall–Kier alpha value is -1.42. The van der Waals surface area contributed by atoms with Crippen molar-refractivity contribution in [2.75, 3.05) is 13.6 Å². The van der Waals surface area contributed by atoms with Crippen molar-refractivity contribution in [2.45, 2.75) is 30.3 Å². The van der Waals surface area contributed by atoms with Crippen LogP contribution in [-0.2, 0) is 16.4 Å². The zero-order chi connectivity index (χ0) is 14.8. The maximum absolute atomic E-state index is 12.3. The van der Waals surface area contributed by atoms with Gasteiger partial charge in [0.2, 0.25) is 10.0 Å². The Labute approximate surface area is 119 Å². The summed E-state index contributed by atoms with van der Waals surface area (Å²) in [5.41, 5.74) is 0.784. The molecule has 0 saturated heterocycles. The Morgan fingerprint density at radius 1 is 1.40 bits per heavy atom. The molecule has 1 unspecified atom stereocenters. The summed E-state index contributed by atoms with van der Waals surface area (Å²) >= 11 is 0. The maximum Gasteiger partial charge on any atom is 0.242 e. The molecule has 1 aromatic rings. The standard InChI is InChI=1S/C14H18N2O3S/c1-16(10-14(17)12-4-5-12)20(18,19)13-6-2-11(3-7-13)8-9-15/h2-3,6-7,12,14,17H,4-5,8,10H2,1H3. The Bertz CT molecular complexity index is 600. The van der Waals surface area contributed by atoms with E-state index >= 15 is 0 Å². The van der Waals surface area contributed by atoms with Crippen molar-refractivity contribution in [3.8, 4) is 6.07 Å². The van der Waals surface area contributed by atoms with E-state index in [1.807, 2.05) is 6.07 Å². The minimum atomic E-state index is -3.58. The van der Waals surface area contributed by atoms with Gasteiger partial charge in [0.05, 0.1) is 23.5 Å². The fourth-order valence-electron chi connectivity index (χ4n) is 2.04. The molecule has 0 amide bonds. The Morgan fingerprint density at radius 2 is 2.00 bits per heavy atom. The van der Waals surface area contributed by atoms with Gasteiger partial charge < -0.3 is 5.11 Å². The highest BCUT2D eigenvalue weighted by atomic mass is 32.2. The van der Waals surface area contributed by atoms with Crippen LogP contribution in [0.25, 0.3) is 0 Å². The lowest BCUT2D eigenvalue weighted by atomic mass is 10.2. The van der Waals surface area contributed by atoms with Crippen molar-refractivity contribution in [3.05, 3.63) is 29.8 Å². The first-order valence-corrected chi connectivity index (χ1v) is 7.99. The molecule has 1 aliphatic rings.